The molecule has 0 N–H and O–H groups in total. The molecule has 8 nitrogen and oxygen atoms in total. The lowest BCUT2D eigenvalue weighted by Crippen LogP contribution is -2.39. The van der Waals surface area contributed by atoms with Crippen molar-refractivity contribution in [1.82, 2.24) is 29.0 Å². The number of hydrogen-bond donors (Lipinski definition) is 0. The van der Waals surface area contributed by atoms with Gasteiger partial charge in [0.05, 0.1) is 12.2 Å². The number of nitrogens with zero attached hydrogens (tertiary/aromatic N) is 6. The van der Waals surface area contributed by atoms with Crippen LogP contribution in [0.2, 0.25) is 0 Å². The molecule has 2 aromatic heterocycles. The topological polar surface area (TPSA) is 78.0 Å². The van der Waals surface area contributed by atoms with Crippen molar-refractivity contribution in [2.24, 2.45) is 7.05 Å². The minimum absolute atomic E-state index is 0.0840. The van der Waals surface area contributed by atoms with E-state index < -0.39 is 0 Å². The Labute approximate surface area is 208 Å². The lowest BCUT2D eigenvalue weighted by atomic mass is 9.95. The second-order valence-corrected chi connectivity index (χ2v) is 9.14. The van der Waals surface area contributed by atoms with Crippen LogP contribution in [0.25, 0.3) is 11.3 Å². The van der Waals surface area contributed by atoms with E-state index in [2.05, 4.69) is 5.10 Å². The van der Waals surface area contributed by atoms with Crippen LogP contribution in [-0.2, 0) is 20.1 Å². The number of piperidine rings is 1. The first-order valence-electron chi connectivity index (χ1n) is 12.2. The summed E-state index contributed by atoms with van der Waals surface area (Å²) >= 11 is 0. The quantitative estimate of drug-likeness (QED) is 0.415. The molecule has 36 heavy (non-hydrogen) atoms. The van der Waals surface area contributed by atoms with Gasteiger partial charge in [-0.25, -0.2) is 13.9 Å². The predicted octanol–water partition coefficient (Wildman–Crippen LogP) is 3.67. The van der Waals surface area contributed by atoms with E-state index in [0.29, 0.717) is 37.6 Å². The van der Waals surface area contributed by atoms with Gasteiger partial charge in [-0.05, 0) is 55.7 Å². The number of carbonyl (C=O) groups excluding carboxylic acids is 1. The number of rotatable bonds is 6. The summed E-state index contributed by atoms with van der Waals surface area (Å²) in [5, 5.41) is 9.16. The van der Waals surface area contributed by atoms with Crippen LogP contribution in [0.4, 0.5) is 4.39 Å². The molecule has 5 rings (SSSR count). The summed E-state index contributed by atoms with van der Waals surface area (Å²) < 4.78 is 18.1. The van der Waals surface area contributed by atoms with E-state index >= 15 is 0 Å². The number of carbonyl (C=O) groups is 1. The molecule has 1 aliphatic heterocycles. The Hall–Kier alpha value is -4.01. The Morgan fingerprint density at radius 3 is 2.39 bits per heavy atom. The third-order valence-corrected chi connectivity index (χ3v) is 6.83. The number of aryl methyl sites for hydroxylation is 1. The van der Waals surface area contributed by atoms with Gasteiger partial charge in [-0.2, -0.15) is 10.2 Å². The maximum Gasteiger partial charge on any atom is 0.346 e. The number of hydrogen-bond acceptors (Lipinski definition) is 4. The predicted molar refractivity (Wildman–Crippen MR) is 134 cm³/mol. The van der Waals surface area contributed by atoms with Crippen LogP contribution in [-0.4, -0.2) is 48.0 Å². The van der Waals surface area contributed by atoms with E-state index in [1.54, 1.807) is 34.5 Å². The van der Waals surface area contributed by atoms with Crippen LogP contribution in [0.5, 0.6) is 0 Å². The van der Waals surface area contributed by atoms with Crippen LogP contribution in [0.3, 0.4) is 0 Å². The summed E-state index contributed by atoms with van der Waals surface area (Å²) in [6, 6.07) is 17.7. The van der Waals surface area contributed by atoms with E-state index in [1.807, 2.05) is 42.2 Å². The molecular formula is C27H29FN6O2. The molecule has 0 saturated carbocycles. The number of halogens is 1. The van der Waals surface area contributed by atoms with Gasteiger partial charge in [-0.1, -0.05) is 30.3 Å². The van der Waals surface area contributed by atoms with Crippen LogP contribution >= 0.6 is 0 Å². The molecule has 0 aliphatic carbocycles. The molecule has 0 spiro atoms. The summed E-state index contributed by atoms with van der Waals surface area (Å²) in [6.07, 6.45) is 1.46. The summed E-state index contributed by atoms with van der Waals surface area (Å²) in [6.45, 7) is 4.10. The molecule has 0 bridgehead atoms. The van der Waals surface area contributed by atoms with E-state index in [0.717, 1.165) is 29.8 Å². The normalized spacial score (nSPS) is 14.4. The van der Waals surface area contributed by atoms with Gasteiger partial charge in [-0.3, -0.25) is 14.0 Å². The van der Waals surface area contributed by atoms with Gasteiger partial charge >= 0.3 is 5.69 Å². The third-order valence-electron chi connectivity index (χ3n) is 6.83. The minimum atomic E-state index is -0.313. The molecular weight excluding hydrogens is 459 g/mol. The number of likely N-dealkylation sites (tertiary alicyclic amines) is 1. The highest BCUT2D eigenvalue weighted by atomic mass is 19.1. The van der Waals surface area contributed by atoms with Crippen molar-refractivity contribution in [1.29, 1.82) is 0 Å². The lowest BCUT2D eigenvalue weighted by Gasteiger charge is -2.31. The average molecular weight is 489 g/mol. The molecule has 2 aromatic carbocycles. The van der Waals surface area contributed by atoms with Crippen molar-refractivity contribution in [2.75, 3.05) is 13.1 Å². The Morgan fingerprint density at radius 1 is 1.03 bits per heavy atom. The Balaban J connectivity index is 1.29. The van der Waals surface area contributed by atoms with Gasteiger partial charge in [0.1, 0.15) is 17.3 Å². The molecule has 4 aromatic rings. The van der Waals surface area contributed by atoms with E-state index in [1.165, 1.54) is 16.8 Å². The maximum absolute atomic E-state index is 13.3. The summed E-state index contributed by atoms with van der Waals surface area (Å²) in [5.41, 5.74) is 2.81. The Kier molecular flexibility index (Phi) is 6.54. The summed E-state index contributed by atoms with van der Waals surface area (Å²) in [4.78, 5) is 28.1. The Bertz CT molecular complexity index is 1410. The van der Waals surface area contributed by atoms with Crippen molar-refractivity contribution in [2.45, 2.75) is 38.8 Å². The SMILES string of the molecule is CCn1c(C2CCN(C(=O)c3cc(-c4ccc(F)cc4)nn3C)CC2)nn(Cc2ccccc2)c1=O. The van der Waals surface area contributed by atoms with Gasteiger partial charge in [0.2, 0.25) is 0 Å². The molecule has 186 valence electrons. The number of amides is 1. The molecule has 0 atom stereocenters. The molecule has 1 fully saturated rings. The molecule has 1 amide bonds. The second-order valence-electron chi connectivity index (χ2n) is 9.14. The molecule has 0 unspecified atom stereocenters. The highest BCUT2D eigenvalue weighted by molar-refractivity contribution is 5.93. The van der Waals surface area contributed by atoms with Crippen molar-refractivity contribution in [3.8, 4) is 11.3 Å². The smallest absolute Gasteiger partial charge is 0.337 e. The van der Waals surface area contributed by atoms with Crippen molar-refractivity contribution < 1.29 is 9.18 Å². The van der Waals surface area contributed by atoms with Crippen molar-refractivity contribution >= 4 is 5.91 Å². The first-order valence-corrected chi connectivity index (χ1v) is 12.2. The summed E-state index contributed by atoms with van der Waals surface area (Å²) in [7, 11) is 1.74. The average Bonchev–Trinajstić information content (AvgIpc) is 3.44. The molecule has 1 saturated heterocycles. The van der Waals surface area contributed by atoms with E-state index in [4.69, 9.17) is 5.10 Å². The van der Waals surface area contributed by atoms with Gasteiger partial charge in [0, 0.05) is 38.2 Å². The number of aromatic nitrogens is 5. The molecule has 1 aliphatic rings. The largest absolute Gasteiger partial charge is 0.346 e. The molecule has 0 radical (unpaired) electrons. The zero-order valence-electron chi connectivity index (χ0n) is 20.5. The zero-order valence-corrected chi connectivity index (χ0v) is 20.5. The van der Waals surface area contributed by atoms with E-state index in [-0.39, 0.29) is 23.3 Å². The third kappa shape index (κ3) is 4.60. The highest BCUT2D eigenvalue weighted by Crippen LogP contribution is 2.28. The van der Waals surface area contributed by atoms with Gasteiger partial charge in [0.15, 0.2) is 0 Å². The first-order chi connectivity index (χ1) is 17.4. The fourth-order valence-corrected chi connectivity index (χ4v) is 4.85. The van der Waals surface area contributed by atoms with Crippen LogP contribution in [0, 0.1) is 5.82 Å². The van der Waals surface area contributed by atoms with Crippen molar-refractivity contribution in [3.05, 3.63) is 94.0 Å². The standard InChI is InChI=1S/C27H29FN6O2/c1-3-33-25(30-34(27(33)36)18-19-7-5-4-6-8-19)21-13-15-32(16-14-21)26(35)24-17-23(29-31(24)2)20-9-11-22(28)12-10-20/h4-12,17,21H,3,13-16,18H2,1-2H3. The fourth-order valence-electron chi connectivity index (χ4n) is 4.85. The van der Waals surface area contributed by atoms with Crippen LogP contribution < -0.4 is 5.69 Å². The molecule has 3 heterocycles. The van der Waals surface area contributed by atoms with Gasteiger partial charge < -0.3 is 4.90 Å². The van der Waals surface area contributed by atoms with Gasteiger partial charge in [0.25, 0.3) is 5.91 Å². The highest BCUT2D eigenvalue weighted by Gasteiger charge is 2.30. The number of benzene rings is 2. The first kappa shape index (κ1) is 23.7. The lowest BCUT2D eigenvalue weighted by molar-refractivity contribution is 0.0699. The van der Waals surface area contributed by atoms with E-state index in [9.17, 15) is 14.0 Å². The summed E-state index contributed by atoms with van der Waals surface area (Å²) in [5.74, 6) is 0.510. The molecule has 9 heteroatoms. The minimum Gasteiger partial charge on any atom is -0.337 e. The monoisotopic (exact) mass is 488 g/mol. The zero-order chi connectivity index (χ0) is 25.2. The second kappa shape index (κ2) is 9.93. The van der Waals surface area contributed by atoms with Crippen LogP contribution in [0.1, 0.15) is 47.6 Å². The van der Waals surface area contributed by atoms with Crippen LogP contribution in [0.15, 0.2) is 65.5 Å². The Morgan fingerprint density at radius 2 is 1.72 bits per heavy atom. The van der Waals surface area contributed by atoms with Gasteiger partial charge in [-0.15, -0.1) is 0 Å². The fraction of sp³-hybridized carbons (Fsp3) is 0.333. The maximum atomic E-state index is 13.3. The van der Waals surface area contributed by atoms with Crippen molar-refractivity contribution in [3.63, 3.8) is 0 Å².